The largest absolute Gasteiger partial charge is 0.450 e. The van der Waals surface area contributed by atoms with Gasteiger partial charge < -0.3 is 15.0 Å². The zero-order valence-corrected chi connectivity index (χ0v) is 16.9. The van der Waals surface area contributed by atoms with Gasteiger partial charge in [0.25, 0.3) is 0 Å². The number of ether oxygens (including phenoxy) is 1. The van der Waals surface area contributed by atoms with Gasteiger partial charge in [0.2, 0.25) is 11.8 Å². The number of fused-ring (bicyclic) bond motifs is 1. The Morgan fingerprint density at radius 3 is 2.46 bits per heavy atom. The fourth-order valence-electron chi connectivity index (χ4n) is 3.70. The van der Waals surface area contributed by atoms with Crippen LogP contribution in [0.5, 0.6) is 0 Å². The Bertz CT molecular complexity index is 771. The number of amides is 3. The number of nitrogens with one attached hydrogen (secondary N) is 1. The van der Waals surface area contributed by atoms with Crippen LogP contribution in [0, 0.1) is 0 Å². The third-order valence-corrected chi connectivity index (χ3v) is 5.47. The van der Waals surface area contributed by atoms with Crippen molar-refractivity contribution in [2.24, 2.45) is 0 Å². The van der Waals surface area contributed by atoms with Gasteiger partial charge in [-0.2, -0.15) is 0 Å². The van der Waals surface area contributed by atoms with E-state index in [4.69, 9.17) is 4.74 Å². The maximum Gasteiger partial charge on any atom is 0.409 e. The second-order valence-electron chi connectivity index (χ2n) is 7.60. The lowest BCUT2D eigenvalue weighted by atomic mass is 9.95. The monoisotopic (exact) mass is 388 g/mol. The van der Waals surface area contributed by atoms with Crippen LogP contribution in [0.25, 0.3) is 0 Å². The molecule has 2 heterocycles. The number of carbonyl (C=O) groups excluding carboxylic acids is 3. The smallest absolute Gasteiger partial charge is 0.409 e. The number of nitrogens with zero attached hydrogens (tertiary/aromatic N) is 3. The molecule has 0 bridgehead atoms. The Kier molecular flexibility index (Phi) is 5.60. The zero-order valence-electron chi connectivity index (χ0n) is 16.9. The Hall–Kier alpha value is -2.61. The lowest BCUT2D eigenvalue weighted by Gasteiger charge is -2.45. The summed E-state index contributed by atoms with van der Waals surface area (Å²) in [5.74, 6) is -0.337. The van der Waals surface area contributed by atoms with Gasteiger partial charge in [0.05, 0.1) is 24.0 Å². The lowest BCUT2D eigenvalue weighted by molar-refractivity contribution is -0.129. The number of rotatable bonds is 3. The van der Waals surface area contributed by atoms with Crippen LogP contribution >= 0.6 is 0 Å². The molecule has 3 rings (SSSR count). The summed E-state index contributed by atoms with van der Waals surface area (Å²) in [5.41, 5.74) is 0.348. The van der Waals surface area contributed by atoms with Crippen LogP contribution in [0.4, 0.5) is 16.2 Å². The Labute approximate surface area is 165 Å². The van der Waals surface area contributed by atoms with Crippen molar-refractivity contribution in [3.63, 3.8) is 0 Å². The molecule has 0 aliphatic carbocycles. The second kappa shape index (κ2) is 7.79. The van der Waals surface area contributed by atoms with Crippen LogP contribution in [-0.2, 0) is 14.3 Å². The average molecular weight is 388 g/mol. The van der Waals surface area contributed by atoms with Gasteiger partial charge in [0.1, 0.15) is 5.54 Å². The van der Waals surface area contributed by atoms with E-state index in [2.05, 4.69) is 5.32 Å². The van der Waals surface area contributed by atoms with Gasteiger partial charge in [-0.15, -0.1) is 0 Å². The molecule has 8 heteroatoms. The normalized spacial score (nSPS) is 20.2. The van der Waals surface area contributed by atoms with Crippen LogP contribution in [0.15, 0.2) is 24.3 Å². The Balaban J connectivity index is 1.76. The molecule has 0 aromatic heterocycles. The molecule has 0 saturated carbocycles. The molecule has 2 aliphatic heterocycles. The minimum atomic E-state index is -0.994. The maximum atomic E-state index is 13.4. The predicted octanol–water partition coefficient (Wildman–Crippen LogP) is 1.91. The van der Waals surface area contributed by atoms with Gasteiger partial charge in [-0.3, -0.25) is 19.4 Å². The highest BCUT2D eigenvalue weighted by Gasteiger charge is 2.45. The molecule has 1 aromatic carbocycles. The van der Waals surface area contributed by atoms with E-state index in [1.165, 1.54) is 0 Å². The summed E-state index contributed by atoms with van der Waals surface area (Å²) < 4.78 is 5.05. The molecular weight excluding hydrogens is 360 g/mol. The summed E-state index contributed by atoms with van der Waals surface area (Å²) in [6, 6.07) is 6.92. The van der Waals surface area contributed by atoms with Crippen molar-refractivity contribution in [3.8, 4) is 0 Å². The molecule has 0 unspecified atom stereocenters. The molecule has 1 fully saturated rings. The molecule has 28 heavy (non-hydrogen) atoms. The number of benzene rings is 1. The Morgan fingerprint density at radius 2 is 1.82 bits per heavy atom. The lowest BCUT2D eigenvalue weighted by Crippen LogP contribution is -2.63. The topological polar surface area (TPSA) is 82.2 Å². The van der Waals surface area contributed by atoms with Gasteiger partial charge >= 0.3 is 6.09 Å². The van der Waals surface area contributed by atoms with E-state index in [0.29, 0.717) is 44.2 Å². The maximum absolute atomic E-state index is 13.4. The van der Waals surface area contributed by atoms with E-state index in [9.17, 15) is 14.4 Å². The number of anilines is 2. The van der Waals surface area contributed by atoms with Crippen molar-refractivity contribution in [2.45, 2.75) is 39.3 Å². The standard InChI is InChI=1S/C20H28N4O4/c1-5-28-19(27)23-12-10-22(11-13-23)14(2)17(25)24-16-9-7-6-8-15(16)21-18(26)20(24,3)4/h6-9,14H,5,10-13H2,1-4H3,(H,21,26)/t14-/m1/s1. The average Bonchev–Trinajstić information content (AvgIpc) is 2.68. The molecule has 8 nitrogen and oxygen atoms in total. The van der Waals surface area contributed by atoms with E-state index in [-0.39, 0.29) is 17.9 Å². The molecule has 3 amide bonds. The van der Waals surface area contributed by atoms with Crippen LogP contribution < -0.4 is 10.2 Å². The minimum absolute atomic E-state index is 0.128. The molecule has 0 radical (unpaired) electrons. The highest BCUT2D eigenvalue weighted by atomic mass is 16.6. The molecule has 152 valence electrons. The van der Waals surface area contributed by atoms with Gasteiger partial charge in [0, 0.05) is 26.2 Å². The van der Waals surface area contributed by atoms with Gasteiger partial charge in [0.15, 0.2) is 0 Å². The van der Waals surface area contributed by atoms with E-state index in [0.717, 1.165) is 0 Å². The minimum Gasteiger partial charge on any atom is -0.450 e. The summed E-state index contributed by atoms with van der Waals surface area (Å²) >= 11 is 0. The summed E-state index contributed by atoms with van der Waals surface area (Å²) in [5, 5.41) is 2.88. The van der Waals surface area contributed by atoms with E-state index in [1.54, 1.807) is 36.6 Å². The summed E-state index contributed by atoms with van der Waals surface area (Å²) in [6.45, 7) is 9.66. The van der Waals surface area contributed by atoms with Crippen molar-refractivity contribution in [2.75, 3.05) is 43.0 Å². The Morgan fingerprint density at radius 1 is 1.18 bits per heavy atom. The summed E-state index contributed by atoms with van der Waals surface area (Å²) in [6.07, 6.45) is -0.316. The number of hydrogen-bond acceptors (Lipinski definition) is 5. The van der Waals surface area contributed by atoms with Crippen LogP contribution in [0.2, 0.25) is 0 Å². The van der Waals surface area contributed by atoms with Gasteiger partial charge in [-0.1, -0.05) is 12.1 Å². The third-order valence-electron chi connectivity index (χ3n) is 5.47. The molecule has 2 aliphatic rings. The number of hydrogen-bond donors (Lipinski definition) is 1. The zero-order chi connectivity index (χ0) is 20.5. The highest BCUT2D eigenvalue weighted by molar-refractivity contribution is 6.15. The van der Waals surface area contributed by atoms with Gasteiger partial charge in [-0.05, 0) is 39.8 Å². The van der Waals surface area contributed by atoms with Crippen LogP contribution in [0.3, 0.4) is 0 Å². The SMILES string of the molecule is CCOC(=O)N1CCN([C@H](C)C(=O)N2c3ccccc3NC(=O)C2(C)C)CC1. The van der Waals surface area contributed by atoms with Crippen molar-refractivity contribution < 1.29 is 19.1 Å². The number of piperazine rings is 1. The molecule has 1 atom stereocenters. The molecular formula is C20H28N4O4. The summed E-state index contributed by atoms with van der Waals surface area (Å²) in [4.78, 5) is 43.2. The first-order valence-corrected chi connectivity index (χ1v) is 9.67. The van der Waals surface area contributed by atoms with Crippen LogP contribution in [-0.4, -0.2) is 72.1 Å². The molecule has 1 aromatic rings. The van der Waals surface area contributed by atoms with E-state index < -0.39 is 11.6 Å². The first-order chi connectivity index (χ1) is 13.3. The first-order valence-electron chi connectivity index (χ1n) is 9.67. The van der Waals surface area contributed by atoms with E-state index >= 15 is 0 Å². The van der Waals surface area contributed by atoms with Crippen molar-refractivity contribution in [1.82, 2.24) is 9.80 Å². The number of para-hydroxylation sites is 2. The van der Waals surface area contributed by atoms with E-state index in [1.807, 2.05) is 30.0 Å². The van der Waals surface area contributed by atoms with Crippen molar-refractivity contribution in [3.05, 3.63) is 24.3 Å². The van der Waals surface area contributed by atoms with Crippen molar-refractivity contribution in [1.29, 1.82) is 0 Å². The first kappa shape index (κ1) is 20.1. The predicted molar refractivity (Wildman–Crippen MR) is 106 cm³/mol. The third kappa shape index (κ3) is 3.56. The second-order valence-corrected chi connectivity index (χ2v) is 7.60. The molecule has 1 N–H and O–H groups in total. The number of carbonyl (C=O) groups is 3. The molecule has 1 saturated heterocycles. The fraction of sp³-hybridized carbons (Fsp3) is 0.550. The van der Waals surface area contributed by atoms with Crippen LogP contribution in [0.1, 0.15) is 27.7 Å². The quantitative estimate of drug-likeness (QED) is 0.855. The highest BCUT2D eigenvalue weighted by Crippen LogP contribution is 2.37. The fourth-order valence-corrected chi connectivity index (χ4v) is 3.70. The summed E-state index contributed by atoms with van der Waals surface area (Å²) in [7, 11) is 0. The van der Waals surface area contributed by atoms with Gasteiger partial charge in [-0.25, -0.2) is 4.79 Å². The molecule has 0 spiro atoms. The van der Waals surface area contributed by atoms with Crippen molar-refractivity contribution >= 4 is 29.3 Å².